The van der Waals surface area contributed by atoms with Crippen molar-refractivity contribution >= 4 is 32.6 Å². The van der Waals surface area contributed by atoms with Gasteiger partial charge in [0.15, 0.2) is 16.6 Å². The Morgan fingerprint density at radius 1 is 1.07 bits per heavy atom. The van der Waals surface area contributed by atoms with Gasteiger partial charge in [-0.1, -0.05) is 23.5 Å². The minimum atomic E-state index is -0.198. The zero-order chi connectivity index (χ0) is 19.5. The van der Waals surface area contributed by atoms with Gasteiger partial charge in [-0.25, -0.2) is 4.98 Å². The molecule has 0 aliphatic carbocycles. The van der Waals surface area contributed by atoms with E-state index in [1.165, 1.54) is 11.3 Å². The molecule has 0 N–H and O–H groups in total. The van der Waals surface area contributed by atoms with Gasteiger partial charge in [-0.2, -0.15) is 0 Å². The smallest absolute Gasteiger partial charge is 0.260 e. The number of ether oxygens (including phenoxy) is 2. The van der Waals surface area contributed by atoms with Crippen LogP contribution in [0.1, 0.15) is 16.1 Å². The van der Waals surface area contributed by atoms with Crippen LogP contribution in [0, 0.1) is 0 Å². The molecule has 0 aliphatic rings. The van der Waals surface area contributed by atoms with Crippen molar-refractivity contribution in [1.29, 1.82) is 0 Å². The number of aromatic nitrogens is 1. The highest BCUT2D eigenvalue weighted by atomic mass is 32.1. The second-order valence-corrected chi connectivity index (χ2v) is 7.01. The molecule has 7 heteroatoms. The number of thiazole rings is 1. The molecule has 28 heavy (non-hydrogen) atoms. The number of carbonyl (C=O) groups is 1. The molecular weight excluding hydrogens is 376 g/mol. The molecule has 0 saturated carbocycles. The van der Waals surface area contributed by atoms with Gasteiger partial charge in [0.1, 0.15) is 5.76 Å². The summed E-state index contributed by atoms with van der Waals surface area (Å²) in [5.74, 6) is 1.54. The third-order valence-electron chi connectivity index (χ3n) is 4.28. The van der Waals surface area contributed by atoms with Crippen LogP contribution in [0.4, 0.5) is 5.13 Å². The average molecular weight is 394 g/mol. The number of hydrogen-bond donors (Lipinski definition) is 0. The molecule has 2 heterocycles. The van der Waals surface area contributed by atoms with Gasteiger partial charge in [-0.3, -0.25) is 9.69 Å². The van der Waals surface area contributed by atoms with Crippen LogP contribution in [-0.4, -0.2) is 25.1 Å². The molecule has 0 bridgehead atoms. The van der Waals surface area contributed by atoms with Crippen LogP contribution in [0.25, 0.3) is 10.2 Å². The summed E-state index contributed by atoms with van der Waals surface area (Å²) in [7, 11) is 3.10. The number of para-hydroxylation sites is 1. The van der Waals surface area contributed by atoms with E-state index in [9.17, 15) is 4.79 Å². The molecule has 4 aromatic rings. The second-order valence-electron chi connectivity index (χ2n) is 6.00. The van der Waals surface area contributed by atoms with Crippen molar-refractivity contribution in [3.63, 3.8) is 0 Å². The van der Waals surface area contributed by atoms with Gasteiger partial charge in [0, 0.05) is 5.56 Å². The van der Waals surface area contributed by atoms with Crippen LogP contribution >= 0.6 is 11.3 Å². The molecule has 6 nitrogen and oxygen atoms in total. The van der Waals surface area contributed by atoms with Crippen molar-refractivity contribution in [3.8, 4) is 11.5 Å². The summed E-state index contributed by atoms with van der Waals surface area (Å²) in [6.45, 7) is 0.278. The topological polar surface area (TPSA) is 64.8 Å². The Balaban J connectivity index is 1.75. The molecule has 0 fully saturated rings. The van der Waals surface area contributed by atoms with Gasteiger partial charge in [0.2, 0.25) is 0 Å². The van der Waals surface area contributed by atoms with Crippen molar-refractivity contribution in [2.24, 2.45) is 0 Å². The standard InChI is InChI=1S/C21H18N2O4S/c1-25-17-10-9-14(12-18(17)26-2)20(24)23(13-15-6-5-11-27-15)21-22-16-7-3-4-8-19(16)28-21/h3-12H,13H2,1-2H3. The van der Waals surface area contributed by atoms with Gasteiger partial charge in [-0.15, -0.1) is 0 Å². The van der Waals surface area contributed by atoms with Crippen LogP contribution in [0.2, 0.25) is 0 Å². The van der Waals surface area contributed by atoms with E-state index < -0.39 is 0 Å². The highest BCUT2D eigenvalue weighted by molar-refractivity contribution is 7.22. The minimum absolute atomic E-state index is 0.198. The van der Waals surface area contributed by atoms with Crippen LogP contribution in [0.5, 0.6) is 11.5 Å². The number of hydrogen-bond acceptors (Lipinski definition) is 6. The maximum atomic E-state index is 13.4. The number of rotatable bonds is 6. The van der Waals surface area contributed by atoms with Crippen molar-refractivity contribution < 1.29 is 18.7 Å². The van der Waals surface area contributed by atoms with Gasteiger partial charge in [0.05, 0.1) is 37.2 Å². The minimum Gasteiger partial charge on any atom is -0.493 e. The van der Waals surface area contributed by atoms with E-state index in [1.807, 2.05) is 30.3 Å². The Bertz CT molecular complexity index is 1070. The number of furan rings is 1. The lowest BCUT2D eigenvalue weighted by atomic mass is 10.1. The Morgan fingerprint density at radius 3 is 2.61 bits per heavy atom. The molecule has 2 aromatic carbocycles. The lowest BCUT2D eigenvalue weighted by molar-refractivity contribution is 0.0983. The first-order valence-corrected chi connectivity index (χ1v) is 9.43. The largest absolute Gasteiger partial charge is 0.493 e. The summed E-state index contributed by atoms with van der Waals surface area (Å²) in [4.78, 5) is 19.6. The van der Waals surface area contributed by atoms with Gasteiger partial charge in [0.25, 0.3) is 5.91 Å². The monoisotopic (exact) mass is 394 g/mol. The van der Waals surface area contributed by atoms with E-state index in [-0.39, 0.29) is 12.5 Å². The van der Waals surface area contributed by atoms with Crippen molar-refractivity contribution in [2.75, 3.05) is 19.1 Å². The van der Waals surface area contributed by atoms with Crippen LogP contribution in [0.15, 0.2) is 65.3 Å². The van der Waals surface area contributed by atoms with Crippen molar-refractivity contribution in [1.82, 2.24) is 4.98 Å². The molecule has 142 valence electrons. The first kappa shape index (κ1) is 18.1. The third kappa shape index (κ3) is 3.44. The SMILES string of the molecule is COc1ccc(C(=O)N(Cc2ccco2)c2nc3ccccc3s2)cc1OC. The van der Waals surface area contributed by atoms with Gasteiger partial charge < -0.3 is 13.9 Å². The predicted octanol–water partition coefficient (Wildman–Crippen LogP) is 4.75. The van der Waals surface area contributed by atoms with E-state index in [1.54, 1.807) is 49.6 Å². The molecule has 0 spiro atoms. The zero-order valence-corrected chi connectivity index (χ0v) is 16.2. The Kier molecular flexibility index (Phi) is 4.99. The van der Waals surface area contributed by atoms with Crippen molar-refractivity contribution in [3.05, 3.63) is 72.2 Å². The van der Waals surface area contributed by atoms with E-state index in [0.717, 1.165) is 10.2 Å². The number of amides is 1. The van der Waals surface area contributed by atoms with Crippen LogP contribution in [0.3, 0.4) is 0 Å². The number of anilines is 1. The molecule has 2 aromatic heterocycles. The maximum Gasteiger partial charge on any atom is 0.260 e. The van der Waals surface area contributed by atoms with E-state index in [2.05, 4.69) is 4.98 Å². The van der Waals surface area contributed by atoms with E-state index in [0.29, 0.717) is 28.0 Å². The highest BCUT2D eigenvalue weighted by Gasteiger charge is 2.23. The first-order chi connectivity index (χ1) is 13.7. The molecule has 0 saturated heterocycles. The predicted molar refractivity (Wildman–Crippen MR) is 108 cm³/mol. The quantitative estimate of drug-likeness (QED) is 0.472. The Hall–Kier alpha value is -3.32. The zero-order valence-electron chi connectivity index (χ0n) is 15.4. The average Bonchev–Trinajstić information content (AvgIpc) is 3.40. The first-order valence-electron chi connectivity index (χ1n) is 8.61. The lowest BCUT2D eigenvalue weighted by Gasteiger charge is -2.19. The maximum absolute atomic E-state index is 13.4. The number of benzene rings is 2. The molecule has 0 radical (unpaired) electrons. The number of methoxy groups -OCH3 is 2. The molecule has 1 amide bonds. The molecule has 0 atom stereocenters. The number of carbonyl (C=O) groups excluding carboxylic acids is 1. The van der Waals surface area contributed by atoms with E-state index >= 15 is 0 Å². The third-order valence-corrected chi connectivity index (χ3v) is 5.34. The Morgan fingerprint density at radius 2 is 1.89 bits per heavy atom. The van der Waals surface area contributed by atoms with Crippen LogP contribution < -0.4 is 14.4 Å². The summed E-state index contributed by atoms with van der Waals surface area (Å²) in [5.41, 5.74) is 1.33. The fourth-order valence-electron chi connectivity index (χ4n) is 2.89. The van der Waals surface area contributed by atoms with Gasteiger partial charge in [-0.05, 0) is 42.5 Å². The summed E-state index contributed by atoms with van der Waals surface area (Å²) in [5, 5.41) is 0.609. The number of nitrogens with zero attached hydrogens (tertiary/aromatic N) is 2. The normalized spacial score (nSPS) is 10.8. The van der Waals surface area contributed by atoms with E-state index in [4.69, 9.17) is 13.9 Å². The second kappa shape index (κ2) is 7.74. The lowest BCUT2D eigenvalue weighted by Crippen LogP contribution is -2.30. The molecule has 0 unspecified atom stereocenters. The summed E-state index contributed by atoms with van der Waals surface area (Å²) < 4.78 is 17.1. The van der Waals surface area contributed by atoms with Crippen molar-refractivity contribution in [2.45, 2.75) is 6.54 Å². The highest BCUT2D eigenvalue weighted by Crippen LogP contribution is 2.33. The fraction of sp³-hybridized carbons (Fsp3) is 0.143. The summed E-state index contributed by atoms with van der Waals surface area (Å²) >= 11 is 1.46. The molecule has 0 aliphatic heterocycles. The fourth-order valence-corrected chi connectivity index (χ4v) is 3.85. The molecular formula is C21H18N2O4S. The number of fused-ring (bicyclic) bond motifs is 1. The van der Waals surface area contributed by atoms with Gasteiger partial charge >= 0.3 is 0 Å². The summed E-state index contributed by atoms with van der Waals surface area (Å²) in [6.07, 6.45) is 1.59. The molecule has 4 rings (SSSR count). The Labute approximate surface area is 165 Å². The van der Waals surface area contributed by atoms with Crippen LogP contribution in [-0.2, 0) is 6.54 Å². The summed E-state index contributed by atoms with van der Waals surface area (Å²) in [6, 6.07) is 16.5.